The maximum atomic E-state index is 12.8. The minimum absolute atomic E-state index is 0.192. The monoisotopic (exact) mass is 378 g/mol. The molecule has 4 rings (SSSR count). The number of hydrogen-bond donors (Lipinski definition) is 1. The molecule has 1 aliphatic heterocycles. The number of aryl methyl sites for hydroxylation is 1. The number of rotatable bonds is 4. The molecule has 136 valence electrons. The van der Waals surface area contributed by atoms with Crippen LogP contribution < -0.4 is 10.1 Å². The molecule has 0 saturated heterocycles. The van der Waals surface area contributed by atoms with Crippen molar-refractivity contribution in [1.82, 2.24) is 10.3 Å². The largest absolute Gasteiger partial charge is 0.493 e. The molecular formula is C22H19ClN2O2. The van der Waals surface area contributed by atoms with Gasteiger partial charge in [-0.1, -0.05) is 48.0 Å². The Labute approximate surface area is 163 Å². The first-order valence-corrected chi connectivity index (χ1v) is 9.31. The van der Waals surface area contributed by atoms with E-state index in [1.54, 1.807) is 12.1 Å². The molecule has 0 bridgehead atoms. The summed E-state index contributed by atoms with van der Waals surface area (Å²) in [5, 5.41) is 3.43. The Morgan fingerprint density at radius 3 is 2.74 bits per heavy atom. The van der Waals surface area contributed by atoms with E-state index in [1.165, 1.54) is 11.8 Å². The van der Waals surface area contributed by atoms with E-state index in [9.17, 15) is 4.79 Å². The van der Waals surface area contributed by atoms with Crippen molar-refractivity contribution in [3.8, 4) is 5.75 Å². The molecule has 1 aliphatic rings. The highest BCUT2D eigenvalue weighted by Gasteiger charge is 2.20. The molecule has 0 radical (unpaired) electrons. The van der Waals surface area contributed by atoms with Crippen molar-refractivity contribution < 1.29 is 9.53 Å². The molecule has 1 N–H and O–H groups in total. The normalized spacial score (nSPS) is 14.0. The molecule has 0 unspecified atom stereocenters. The maximum absolute atomic E-state index is 12.8. The number of ether oxygens (including phenoxy) is 1. The zero-order chi connectivity index (χ0) is 18.6. The third-order valence-electron chi connectivity index (χ3n) is 4.66. The second-order valence-electron chi connectivity index (χ2n) is 6.50. The molecule has 0 spiro atoms. The fourth-order valence-electron chi connectivity index (χ4n) is 3.32. The Morgan fingerprint density at radius 2 is 1.93 bits per heavy atom. The van der Waals surface area contributed by atoms with Crippen LogP contribution in [0.4, 0.5) is 0 Å². The first-order chi connectivity index (χ1) is 13.2. The van der Waals surface area contributed by atoms with Crippen LogP contribution in [0.25, 0.3) is 0 Å². The zero-order valence-electron chi connectivity index (χ0n) is 14.7. The van der Waals surface area contributed by atoms with Crippen molar-refractivity contribution in [2.75, 3.05) is 6.61 Å². The number of nitrogens with zero attached hydrogens (tertiary/aromatic N) is 1. The summed E-state index contributed by atoms with van der Waals surface area (Å²) in [5.41, 5.74) is 3.71. The van der Waals surface area contributed by atoms with Gasteiger partial charge in [0.25, 0.3) is 5.91 Å². The molecule has 1 amide bonds. The summed E-state index contributed by atoms with van der Waals surface area (Å²) in [6.07, 6.45) is 3.53. The van der Waals surface area contributed by atoms with Crippen molar-refractivity contribution >= 4 is 17.5 Å². The molecule has 4 nitrogen and oxygen atoms in total. The van der Waals surface area contributed by atoms with Gasteiger partial charge in [0.1, 0.15) is 10.9 Å². The quantitative estimate of drug-likeness (QED) is 0.676. The van der Waals surface area contributed by atoms with E-state index in [2.05, 4.69) is 16.4 Å². The number of carbonyl (C=O) groups excluding carboxylic acids is 1. The molecular weight excluding hydrogens is 360 g/mol. The van der Waals surface area contributed by atoms with E-state index in [0.29, 0.717) is 10.7 Å². The van der Waals surface area contributed by atoms with Crippen molar-refractivity contribution in [3.63, 3.8) is 0 Å². The first kappa shape index (κ1) is 17.6. The van der Waals surface area contributed by atoms with Crippen LogP contribution in [0.3, 0.4) is 0 Å². The number of amides is 1. The van der Waals surface area contributed by atoms with E-state index in [1.807, 2.05) is 42.5 Å². The molecule has 1 aromatic heterocycles. The highest BCUT2D eigenvalue weighted by Crippen LogP contribution is 2.30. The van der Waals surface area contributed by atoms with Crippen molar-refractivity contribution in [1.29, 1.82) is 0 Å². The first-order valence-electron chi connectivity index (χ1n) is 8.94. The van der Waals surface area contributed by atoms with Gasteiger partial charge in [0, 0.05) is 11.8 Å². The molecule has 3 aromatic rings. The van der Waals surface area contributed by atoms with Crippen molar-refractivity contribution in [3.05, 3.63) is 94.3 Å². The summed E-state index contributed by atoms with van der Waals surface area (Å²) in [6, 6.07) is 19.0. The lowest BCUT2D eigenvalue weighted by Gasteiger charge is -2.23. The van der Waals surface area contributed by atoms with E-state index in [-0.39, 0.29) is 11.9 Å². The third kappa shape index (κ3) is 3.96. The van der Waals surface area contributed by atoms with Gasteiger partial charge >= 0.3 is 0 Å². The highest BCUT2D eigenvalue weighted by atomic mass is 35.5. The number of benzene rings is 2. The van der Waals surface area contributed by atoms with E-state index in [0.717, 1.165) is 36.3 Å². The van der Waals surface area contributed by atoms with Gasteiger partial charge in [0.2, 0.25) is 0 Å². The molecule has 0 saturated carbocycles. The van der Waals surface area contributed by atoms with Gasteiger partial charge in [-0.2, -0.15) is 0 Å². The topological polar surface area (TPSA) is 51.2 Å². The second kappa shape index (κ2) is 7.80. The van der Waals surface area contributed by atoms with Crippen LogP contribution in [0.5, 0.6) is 5.75 Å². The average molecular weight is 379 g/mol. The number of pyridine rings is 1. The standard InChI is InChI=1S/C22H19ClN2O2/c23-20-14-18(10-11-24-20)22(26)25-21(15-5-2-1-3-6-15)17-8-9-19-16(13-17)7-4-12-27-19/h1-3,5-6,8-11,13-14,21H,4,7,12H2,(H,25,26)/t21-/m0/s1. The van der Waals surface area contributed by atoms with Crippen LogP contribution >= 0.6 is 11.6 Å². The molecule has 1 atom stereocenters. The highest BCUT2D eigenvalue weighted by molar-refractivity contribution is 6.29. The van der Waals surface area contributed by atoms with Crippen LogP contribution in [0.1, 0.15) is 39.5 Å². The smallest absolute Gasteiger partial charge is 0.252 e. The summed E-state index contributed by atoms with van der Waals surface area (Å²) in [4.78, 5) is 16.8. The van der Waals surface area contributed by atoms with Crippen molar-refractivity contribution in [2.24, 2.45) is 0 Å². The van der Waals surface area contributed by atoms with Gasteiger partial charge in [0.15, 0.2) is 0 Å². The Kier molecular flexibility index (Phi) is 5.07. The summed E-state index contributed by atoms with van der Waals surface area (Å²) < 4.78 is 5.72. The lowest BCUT2D eigenvalue weighted by atomic mass is 9.94. The van der Waals surface area contributed by atoms with Crippen LogP contribution in [-0.4, -0.2) is 17.5 Å². The van der Waals surface area contributed by atoms with Gasteiger partial charge in [-0.15, -0.1) is 0 Å². The molecule has 2 aromatic carbocycles. The average Bonchev–Trinajstić information content (AvgIpc) is 2.72. The van der Waals surface area contributed by atoms with Gasteiger partial charge in [-0.05, 0) is 53.8 Å². The number of halogens is 1. The summed E-state index contributed by atoms with van der Waals surface area (Å²) in [5.74, 6) is 0.742. The van der Waals surface area contributed by atoms with E-state index >= 15 is 0 Å². The Balaban J connectivity index is 1.69. The van der Waals surface area contributed by atoms with Gasteiger partial charge in [-0.25, -0.2) is 4.98 Å². The van der Waals surface area contributed by atoms with Crippen LogP contribution in [-0.2, 0) is 6.42 Å². The molecule has 0 aliphatic carbocycles. The Bertz CT molecular complexity index is 960. The lowest BCUT2D eigenvalue weighted by molar-refractivity contribution is 0.0943. The van der Waals surface area contributed by atoms with Gasteiger partial charge in [0.05, 0.1) is 12.6 Å². The predicted octanol–water partition coefficient (Wildman–Crippen LogP) is 4.58. The minimum Gasteiger partial charge on any atom is -0.493 e. The minimum atomic E-state index is -0.266. The van der Waals surface area contributed by atoms with Crippen LogP contribution in [0.2, 0.25) is 5.15 Å². The number of nitrogens with one attached hydrogen (secondary N) is 1. The Hall–Kier alpha value is -2.85. The van der Waals surface area contributed by atoms with Crippen LogP contribution in [0.15, 0.2) is 66.9 Å². The number of hydrogen-bond acceptors (Lipinski definition) is 3. The molecule has 5 heteroatoms. The maximum Gasteiger partial charge on any atom is 0.252 e. The predicted molar refractivity (Wildman–Crippen MR) is 105 cm³/mol. The Morgan fingerprint density at radius 1 is 1.07 bits per heavy atom. The number of fused-ring (bicyclic) bond motifs is 1. The zero-order valence-corrected chi connectivity index (χ0v) is 15.4. The number of aromatic nitrogens is 1. The van der Waals surface area contributed by atoms with E-state index < -0.39 is 0 Å². The lowest BCUT2D eigenvalue weighted by Crippen LogP contribution is -2.29. The summed E-state index contributed by atoms with van der Waals surface area (Å²) >= 11 is 5.93. The van der Waals surface area contributed by atoms with Crippen LogP contribution in [0, 0.1) is 0 Å². The second-order valence-corrected chi connectivity index (χ2v) is 6.89. The SMILES string of the molecule is O=C(N[C@@H](c1ccccc1)c1ccc2c(c1)CCCO2)c1ccnc(Cl)c1. The molecule has 2 heterocycles. The fourth-order valence-corrected chi connectivity index (χ4v) is 3.50. The van der Waals surface area contributed by atoms with E-state index in [4.69, 9.17) is 16.3 Å². The number of carbonyl (C=O) groups is 1. The molecule has 0 fully saturated rings. The summed E-state index contributed by atoms with van der Waals surface area (Å²) in [6.45, 7) is 0.758. The van der Waals surface area contributed by atoms with Gasteiger partial charge in [-0.3, -0.25) is 4.79 Å². The van der Waals surface area contributed by atoms with Gasteiger partial charge < -0.3 is 10.1 Å². The summed E-state index contributed by atoms with van der Waals surface area (Å²) in [7, 11) is 0. The van der Waals surface area contributed by atoms with Crippen molar-refractivity contribution in [2.45, 2.75) is 18.9 Å². The molecule has 27 heavy (non-hydrogen) atoms. The fraction of sp³-hybridized carbons (Fsp3) is 0.182. The third-order valence-corrected chi connectivity index (χ3v) is 4.87.